The summed E-state index contributed by atoms with van der Waals surface area (Å²) in [6.07, 6.45) is 10.6. The fraction of sp³-hybridized carbons (Fsp3) is 1.00. The van der Waals surface area contributed by atoms with Gasteiger partial charge in [-0.2, -0.15) is 0 Å². The third-order valence-electron chi connectivity index (χ3n) is 7.31. The van der Waals surface area contributed by atoms with E-state index in [1.165, 1.54) is 38.8 Å². The van der Waals surface area contributed by atoms with Crippen molar-refractivity contribution >= 4 is 0 Å². The van der Waals surface area contributed by atoms with Crippen LogP contribution in [0.2, 0.25) is 0 Å². The van der Waals surface area contributed by atoms with Crippen LogP contribution >= 0.6 is 0 Å². The lowest BCUT2D eigenvalue weighted by atomic mass is 9.52. The van der Waals surface area contributed by atoms with Gasteiger partial charge in [-0.05, 0) is 68.6 Å². The lowest BCUT2D eigenvalue weighted by Crippen LogP contribution is -2.69. The van der Waals surface area contributed by atoms with E-state index in [4.69, 9.17) is 0 Å². The third-order valence-corrected chi connectivity index (χ3v) is 7.31. The van der Waals surface area contributed by atoms with Gasteiger partial charge in [-0.3, -0.25) is 4.90 Å². The molecule has 1 aliphatic heterocycles. The van der Waals surface area contributed by atoms with E-state index in [1.807, 2.05) is 0 Å². The first-order valence-corrected chi connectivity index (χ1v) is 9.60. The van der Waals surface area contributed by atoms with Crippen LogP contribution in [0.25, 0.3) is 0 Å². The topological polar surface area (TPSA) is 15.3 Å². The van der Waals surface area contributed by atoms with Crippen LogP contribution in [-0.2, 0) is 0 Å². The van der Waals surface area contributed by atoms with Crippen LogP contribution in [0.4, 0.5) is 0 Å². The fourth-order valence-electron chi connectivity index (χ4n) is 6.67. The molecular formula is C19H34N2. The Hall–Kier alpha value is -0.0800. The number of hydrogen-bond donors (Lipinski definition) is 1. The van der Waals surface area contributed by atoms with Crippen molar-refractivity contribution in [2.45, 2.75) is 83.3 Å². The summed E-state index contributed by atoms with van der Waals surface area (Å²) >= 11 is 0. The first-order valence-electron chi connectivity index (χ1n) is 9.60. The van der Waals surface area contributed by atoms with Gasteiger partial charge in [-0.25, -0.2) is 0 Å². The number of nitrogens with one attached hydrogen (secondary N) is 1. The van der Waals surface area contributed by atoms with Crippen LogP contribution in [0.15, 0.2) is 0 Å². The van der Waals surface area contributed by atoms with E-state index in [2.05, 4.69) is 31.0 Å². The minimum absolute atomic E-state index is 0.596. The van der Waals surface area contributed by atoms with Crippen molar-refractivity contribution in [3.63, 3.8) is 0 Å². The van der Waals surface area contributed by atoms with Gasteiger partial charge in [-0.1, -0.05) is 20.8 Å². The Kier molecular flexibility index (Phi) is 3.61. The zero-order chi connectivity index (χ0) is 14.6. The van der Waals surface area contributed by atoms with Crippen molar-refractivity contribution < 1.29 is 0 Å². The molecule has 1 N–H and O–H groups in total. The summed E-state index contributed by atoms with van der Waals surface area (Å²) < 4.78 is 0. The van der Waals surface area contributed by atoms with Crippen LogP contribution < -0.4 is 5.32 Å². The maximum atomic E-state index is 3.82. The molecule has 4 aliphatic carbocycles. The van der Waals surface area contributed by atoms with Crippen molar-refractivity contribution in [2.24, 2.45) is 23.7 Å². The standard InChI is InChI=1S/C19H34N2/c1-4-17-12-21(18(11-20-17)13(2)3)19-8-14-5-15(9-19)7-16(6-14)10-19/h13-18,20H,4-12H2,1-3H3. The molecule has 120 valence electrons. The molecule has 0 radical (unpaired) electrons. The lowest BCUT2D eigenvalue weighted by Gasteiger charge is -2.64. The molecule has 0 amide bonds. The zero-order valence-corrected chi connectivity index (χ0v) is 14.3. The first kappa shape index (κ1) is 14.5. The Bertz CT molecular complexity index is 354. The van der Waals surface area contributed by atoms with Gasteiger partial charge in [0.2, 0.25) is 0 Å². The van der Waals surface area contributed by atoms with Gasteiger partial charge in [0.15, 0.2) is 0 Å². The van der Waals surface area contributed by atoms with E-state index >= 15 is 0 Å². The van der Waals surface area contributed by atoms with Gasteiger partial charge in [0.05, 0.1) is 0 Å². The predicted octanol–water partition coefficient (Wildman–Crippen LogP) is 3.66. The third kappa shape index (κ3) is 2.37. The van der Waals surface area contributed by atoms with E-state index in [1.54, 1.807) is 19.3 Å². The monoisotopic (exact) mass is 290 g/mol. The minimum Gasteiger partial charge on any atom is -0.311 e. The SMILES string of the molecule is CCC1CN(C23CC4CC(CC(C4)C2)C3)C(C(C)C)CN1. The number of nitrogens with zero attached hydrogens (tertiary/aromatic N) is 1. The molecule has 2 heteroatoms. The smallest absolute Gasteiger partial charge is 0.0249 e. The van der Waals surface area contributed by atoms with Crippen molar-refractivity contribution in [3.05, 3.63) is 0 Å². The van der Waals surface area contributed by atoms with Crippen molar-refractivity contribution in [1.82, 2.24) is 10.2 Å². The molecule has 2 nitrogen and oxygen atoms in total. The second kappa shape index (κ2) is 5.23. The van der Waals surface area contributed by atoms with E-state index in [9.17, 15) is 0 Å². The molecule has 1 saturated heterocycles. The van der Waals surface area contributed by atoms with Crippen molar-refractivity contribution in [2.75, 3.05) is 13.1 Å². The minimum atomic E-state index is 0.596. The Labute approximate surface area is 131 Å². The maximum absolute atomic E-state index is 3.82. The predicted molar refractivity (Wildman–Crippen MR) is 88.3 cm³/mol. The number of rotatable bonds is 3. The first-order chi connectivity index (χ1) is 10.1. The molecule has 5 fully saturated rings. The van der Waals surface area contributed by atoms with Gasteiger partial charge in [0.25, 0.3) is 0 Å². The molecule has 0 spiro atoms. The molecule has 5 aliphatic rings. The maximum Gasteiger partial charge on any atom is 0.0249 e. The van der Waals surface area contributed by atoms with E-state index in [0.29, 0.717) is 5.54 Å². The Morgan fingerprint density at radius 2 is 1.62 bits per heavy atom. The average Bonchev–Trinajstić information content (AvgIpc) is 2.45. The molecule has 5 rings (SSSR count). The van der Waals surface area contributed by atoms with E-state index < -0.39 is 0 Å². The zero-order valence-electron chi connectivity index (χ0n) is 14.3. The summed E-state index contributed by atoms with van der Waals surface area (Å²) in [5, 5.41) is 3.82. The van der Waals surface area contributed by atoms with Gasteiger partial charge in [0, 0.05) is 30.7 Å². The molecule has 21 heavy (non-hydrogen) atoms. The summed E-state index contributed by atoms with van der Waals surface area (Å²) in [5.74, 6) is 3.99. The van der Waals surface area contributed by atoms with Gasteiger partial charge >= 0.3 is 0 Å². The van der Waals surface area contributed by atoms with Crippen LogP contribution in [-0.4, -0.2) is 35.6 Å². The van der Waals surface area contributed by atoms with Crippen molar-refractivity contribution in [1.29, 1.82) is 0 Å². The summed E-state index contributed by atoms with van der Waals surface area (Å²) in [7, 11) is 0. The van der Waals surface area contributed by atoms with Crippen LogP contribution in [0.5, 0.6) is 0 Å². The van der Waals surface area contributed by atoms with Gasteiger partial charge < -0.3 is 5.32 Å². The second-order valence-corrected chi connectivity index (χ2v) is 9.12. The van der Waals surface area contributed by atoms with Crippen LogP contribution in [0.3, 0.4) is 0 Å². The highest BCUT2D eigenvalue weighted by molar-refractivity contribution is 5.10. The number of piperazine rings is 1. The average molecular weight is 290 g/mol. The highest BCUT2D eigenvalue weighted by Crippen LogP contribution is 2.58. The highest BCUT2D eigenvalue weighted by atomic mass is 15.3. The number of hydrogen-bond acceptors (Lipinski definition) is 2. The van der Waals surface area contributed by atoms with E-state index in [0.717, 1.165) is 35.8 Å². The summed E-state index contributed by atoms with van der Waals surface area (Å²) in [6, 6.07) is 1.50. The van der Waals surface area contributed by atoms with Gasteiger partial charge in [-0.15, -0.1) is 0 Å². The Morgan fingerprint density at radius 1 is 1.05 bits per heavy atom. The normalized spacial score (nSPS) is 50.0. The molecular weight excluding hydrogens is 256 g/mol. The largest absolute Gasteiger partial charge is 0.311 e. The van der Waals surface area contributed by atoms with Crippen LogP contribution in [0.1, 0.15) is 65.7 Å². The lowest BCUT2D eigenvalue weighted by molar-refractivity contribution is -0.122. The van der Waals surface area contributed by atoms with Gasteiger partial charge in [0.1, 0.15) is 0 Å². The van der Waals surface area contributed by atoms with E-state index in [-0.39, 0.29) is 0 Å². The highest BCUT2D eigenvalue weighted by Gasteiger charge is 2.55. The molecule has 0 aromatic rings. The Balaban J connectivity index is 1.62. The quantitative estimate of drug-likeness (QED) is 0.853. The molecule has 4 bridgehead atoms. The van der Waals surface area contributed by atoms with Crippen LogP contribution in [0, 0.1) is 23.7 Å². The summed E-state index contributed by atoms with van der Waals surface area (Å²) in [5.41, 5.74) is 0.596. The second-order valence-electron chi connectivity index (χ2n) is 9.12. The molecule has 2 atom stereocenters. The molecule has 0 aromatic heterocycles. The molecule has 1 heterocycles. The van der Waals surface area contributed by atoms with Crippen molar-refractivity contribution in [3.8, 4) is 0 Å². The summed E-state index contributed by atoms with van der Waals surface area (Å²) in [4.78, 5) is 3.03. The Morgan fingerprint density at radius 3 is 2.10 bits per heavy atom. The molecule has 2 unspecified atom stereocenters. The molecule has 4 saturated carbocycles. The fourth-order valence-corrected chi connectivity index (χ4v) is 6.67. The molecule has 0 aromatic carbocycles. The summed E-state index contributed by atoms with van der Waals surface area (Å²) in [6.45, 7) is 9.76.